The standard InChI is InChI=1S/2C16H11Cl3N4O2.Fe/c2*1-8-15(21-20-13-6-9(17)2-5-14(13)24)16(25)23(22-8)10-3-4-11(18)12(19)7-10;/h2*2-7,24-25H,1H3;/p+1. The molecule has 19 heteroatoms. The molecule has 0 unspecified atom stereocenters. The van der Waals surface area contributed by atoms with Gasteiger partial charge in [-0.15, -0.1) is 20.5 Å². The largest absolute Gasteiger partial charge is 1.00 e. The molecule has 0 saturated carbocycles. The number of phenolic OH excluding ortho intramolecular Hbond substituents is 2. The fourth-order valence-corrected chi connectivity index (χ4v) is 5.12. The van der Waals surface area contributed by atoms with Crippen molar-refractivity contribution in [1.29, 1.82) is 0 Å². The van der Waals surface area contributed by atoms with Gasteiger partial charge >= 0.3 is 1.43 Å². The third-order valence-corrected chi connectivity index (χ3v) is 8.64. The van der Waals surface area contributed by atoms with E-state index in [0.717, 1.165) is 0 Å². The minimum atomic E-state index is -0.221. The van der Waals surface area contributed by atoms with Crippen LogP contribution in [-0.2, 0) is 17.1 Å². The summed E-state index contributed by atoms with van der Waals surface area (Å²) in [5, 5.41) is 66.9. The second-order valence-electron chi connectivity index (χ2n) is 10.2. The molecule has 0 aliphatic heterocycles. The molecule has 0 fully saturated rings. The molecule has 4 N–H and O–H groups in total. The first-order chi connectivity index (χ1) is 23.7. The van der Waals surface area contributed by atoms with Crippen LogP contribution in [-0.4, -0.2) is 40.0 Å². The first-order valence-electron chi connectivity index (χ1n) is 14.0. The number of benzene rings is 4. The Balaban J connectivity index is 0.000000270. The van der Waals surface area contributed by atoms with Crippen molar-refractivity contribution >= 4 is 92.4 Å². The molecule has 0 radical (unpaired) electrons. The second kappa shape index (κ2) is 17.0. The molecule has 6 rings (SSSR count). The van der Waals surface area contributed by atoms with Crippen molar-refractivity contribution in [3.63, 3.8) is 0 Å². The number of rotatable bonds is 6. The average molecular weight is 852 g/mol. The van der Waals surface area contributed by atoms with Crippen molar-refractivity contribution in [2.75, 3.05) is 0 Å². The van der Waals surface area contributed by atoms with Crippen LogP contribution in [0, 0.1) is 13.8 Å². The monoisotopic (exact) mass is 849 g/mol. The first-order valence-corrected chi connectivity index (χ1v) is 16.3. The minimum Gasteiger partial charge on any atom is -0.506 e. The summed E-state index contributed by atoms with van der Waals surface area (Å²) in [5.41, 5.74) is 2.57. The number of aryl methyl sites for hydroxylation is 2. The van der Waals surface area contributed by atoms with Crippen LogP contribution in [0.25, 0.3) is 11.4 Å². The Morgan fingerprint density at radius 2 is 0.882 bits per heavy atom. The van der Waals surface area contributed by atoms with Gasteiger partial charge < -0.3 is 20.4 Å². The number of aromatic hydroxyl groups is 4. The third-order valence-electron chi connectivity index (χ3n) is 6.70. The Hall–Kier alpha value is -4.04. The van der Waals surface area contributed by atoms with E-state index < -0.39 is 0 Å². The van der Waals surface area contributed by atoms with Gasteiger partial charge in [0.2, 0.25) is 11.8 Å². The summed E-state index contributed by atoms with van der Waals surface area (Å²) in [5.74, 6) is -0.605. The predicted octanol–water partition coefficient (Wildman–Crippen LogP) is 12.0. The van der Waals surface area contributed by atoms with Crippen molar-refractivity contribution in [3.05, 3.63) is 114 Å². The van der Waals surface area contributed by atoms with E-state index in [-0.39, 0.29) is 64.5 Å². The summed E-state index contributed by atoms with van der Waals surface area (Å²) in [4.78, 5) is 0. The summed E-state index contributed by atoms with van der Waals surface area (Å²) in [6, 6.07) is 18.4. The van der Waals surface area contributed by atoms with Crippen LogP contribution in [0.15, 0.2) is 93.3 Å². The molecular weight excluding hydrogens is 829 g/mol. The van der Waals surface area contributed by atoms with Gasteiger partial charge in [-0.05, 0) is 86.6 Å². The van der Waals surface area contributed by atoms with Gasteiger partial charge in [0, 0.05) is 27.1 Å². The van der Waals surface area contributed by atoms with Gasteiger partial charge in [0.15, 0.2) is 11.4 Å². The number of azo groups is 2. The van der Waals surface area contributed by atoms with E-state index in [4.69, 9.17) is 69.6 Å². The summed E-state index contributed by atoms with van der Waals surface area (Å²) in [6.45, 7) is 3.33. The Labute approximate surface area is 332 Å². The van der Waals surface area contributed by atoms with Gasteiger partial charge in [-0.3, -0.25) is 0 Å². The number of halogens is 6. The van der Waals surface area contributed by atoms with Crippen LogP contribution < -0.4 is 0 Å². The summed E-state index contributed by atoms with van der Waals surface area (Å²) >= 11 is 35.5. The minimum absolute atomic E-state index is 0. The summed E-state index contributed by atoms with van der Waals surface area (Å²) in [6.07, 6.45) is 0. The molecule has 0 saturated heterocycles. The number of hydrogen-bond acceptors (Lipinski definition) is 10. The van der Waals surface area contributed by atoms with Crippen molar-refractivity contribution in [2.45, 2.75) is 13.8 Å². The van der Waals surface area contributed by atoms with Gasteiger partial charge in [0.1, 0.15) is 22.9 Å². The number of aromatic nitrogens is 4. The maximum absolute atomic E-state index is 10.4. The molecule has 2 heterocycles. The summed E-state index contributed by atoms with van der Waals surface area (Å²) in [7, 11) is 0. The van der Waals surface area contributed by atoms with Crippen LogP contribution in [0.5, 0.6) is 23.3 Å². The molecule has 0 spiro atoms. The van der Waals surface area contributed by atoms with E-state index >= 15 is 0 Å². The maximum Gasteiger partial charge on any atom is 1.00 e. The smallest absolute Gasteiger partial charge is 0.506 e. The molecule has 12 nitrogen and oxygen atoms in total. The molecule has 2 aromatic heterocycles. The molecule has 51 heavy (non-hydrogen) atoms. The molecule has 6 aromatic rings. The quantitative estimate of drug-likeness (QED) is 0.0961. The SMILES string of the molecule is Cc1nn(-c2ccc(Cl)c(Cl)c2)c(O)c1N=Nc1cc(Cl)ccc1O.Cc1nn(-c2ccc(Cl)c(Cl)c2)c(O)c1N=Nc1cc(Cl)ccc1O.[Fe].[H+]. The van der Waals surface area contributed by atoms with E-state index in [1.165, 1.54) is 45.8 Å². The first kappa shape index (κ1) is 39.7. The number of hydrogen-bond donors (Lipinski definition) is 4. The van der Waals surface area contributed by atoms with E-state index in [9.17, 15) is 20.4 Å². The molecule has 0 aliphatic carbocycles. The van der Waals surface area contributed by atoms with Crippen LogP contribution in [0.4, 0.5) is 22.7 Å². The molecule has 4 aromatic carbocycles. The summed E-state index contributed by atoms with van der Waals surface area (Å²) < 4.78 is 2.54. The van der Waals surface area contributed by atoms with Gasteiger partial charge in [0.25, 0.3) is 0 Å². The number of nitrogens with zero attached hydrogens (tertiary/aromatic N) is 8. The van der Waals surface area contributed by atoms with Gasteiger partial charge in [0.05, 0.1) is 42.9 Å². The topological polar surface area (TPSA) is 166 Å². The zero-order valence-corrected chi connectivity index (χ0v) is 31.6. The third kappa shape index (κ3) is 9.26. The molecular formula is C32H23Cl6FeN8O4+. The van der Waals surface area contributed by atoms with Crippen LogP contribution in [0.3, 0.4) is 0 Å². The van der Waals surface area contributed by atoms with E-state index in [2.05, 4.69) is 30.7 Å². The number of phenols is 2. The zero-order chi connectivity index (χ0) is 36.3. The van der Waals surface area contributed by atoms with Gasteiger partial charge in [-0.1, -0.05) is 69.6 Å². The fraction of sp³-hybridized carbons (Fsp3) is 0.0625. The van der Waals surface area contributed by atoms with Gasteiger partial charge in [-0.25, -0.2) is 0 Å². The van der Waals surface area contributed by atoms with Crippen molar-refractivity contribution < 1.29 is 38.9 Å². The molecule has 0 aliphatic rings. The second-order valence-corrected chi connectivity index (χ2v) is 12.7. The Morgan fingerprint density at radius 3 is 1.24 bits per heavy atom. The van der Waals surface area contributed by atoms with E-state index in [0.29, 0.717) is 52.9 Å². The van der Waals surface area contributed by atoms with E-state index in [1.807, 2.05) is 0 Å². The van der Waals surface area contributed by atoms with Crippen LogP contribution >= 0.6 is 69.6 Å². The Morgan fingerprint density at radius 1 is 0.510 bits per heavy atom. The zero-order valence-electron chi connectivity index (χ0n) is 26.9. The van der Waals surface area contributed by atoms with Crippen molar-refractivity contribution in [1.82, 2.24) is 19.6 Å². The van der Waals surface area contributed by atoms with Crippen molar-refractivity contribution in [2.24, 2.45) is 20.5 Å². The fourth-order valence-electron chi connectivity index (χ4n) is 4.20. The van der Waals surface area contributed by atoms with E-state index in [1.54, 1.807) is 50.2 Å². The predicted molar refractivity (Wildman–Crippen MR) is 196 cm³/mol. The molecule has 0 atom stereocenters. The maximum atomic E-state index is 10.4. The molecule has 0 amide bonds. The molecule has 0 bridgehead atoms. The molecule has 264 valence electrons. The van der Waals surface area contributed by atoms with Crippen LogP contribution in [0.2, 0.25) is 30.1 Å². The average Bonchev–Trinajstić information content (AvgIpc) is 3.53. The van der Waals surface area contributed by atoms with Gasteiger partial charge in [-0.2, -0.15) is 19.6 Å². The Bertz CT molecular complexity index is 2140. The van der Waals surface area contributed by atoms with Crippen LogP contribution in [0.1, 0.15) is 12.8 Å². The van der Waals surface area contributed by atoms with Crippen molar-refractivity contribution in [3.8, 4) is 34.6 Å². The normalized spacial score (nSPS) is 11.1. The Kier molecular flexibility index (Phi) is 13.2.